The highest BCUT2D eigenvalue weighted by atomic mass is 16.2. The molecule has 1 unspecified atom stereocenters. The van der Waals surface area contributed by atoms with E-state index < -0.39 is 6.04 Å². The fourth-order valence-corrected chi connectivity index (χ4v) is 2.42. The van der Waals surface area contributed by atoms with Crippen molar-refractivity contribution >= 4 is 23.4 Å². The Hall–Kier alpha value is -3.15. The predicted octanol–water partition coefficient (Wildman–Crippen LogP) is 2.44. The molecule has 0 aliphatic heterocycles. The van der Waals surface area contributed by atoms with E-state index in [9.17, 15) is 14.4 Å². The second kappa shape index (κ2) is 8.80. The monoisotopic (exact) mass is 353 g/mol. The molecule has 0 heterocycles. The normalized spacial score (nSPS) is 11.5. The standard InChI is InChI=1S/C20H23N3O3/c1-13(2)17(23-19(25)14-7-5-4-6-8-14)20(26)22-16-11-9-15(10-12-16)18(24)21-3/h4-13,17H,1-3H3,(H,21,24)(H,22,26)(H,23,25). The van der Waals surface area contributed by atoms with E-state index in [4.69, 9.17) is 0 Å². The van der Waals surface area contributed by atoms with Crippen molar-refractivity contribution in [3.63, 3.8) is 0 Å². The van der Waals surface area contributed by atoms with Crippen molar-refractivity contribution in [1.29, 1.82) is 0 Å². The van der Waals surface area contributed by atoms with Crippen LogP contribution in [0.3, 0.4) is 0 Å². The van der Waals surface area contributed by atoms with E-state index in [-0.39, 0.29) is 23.6 Å². The van der Waals surface area contributed by atoms with Crippen LogP contribution in [0.25, 0.3) is 0 Å². The minimum Gasteiger partial charge on any atom is -0.355 e. The molecule has 0 spiro atoms. The van der Waals surface area contributed by atoms with Crippen molar-refractivity contribution < 1.29 is 14.4 Å². The van der Waals surface area contributed by atoms with Gasteiger partial charge in [-0.25, -0.2) is 0 Å². The summed E-state index contributed by atoms with van der Waals surface area (Å²) in [6.07, 6.45) is 0. The summed E-state index contributed by atoms with van der Waals surface area (Å²) in [6, 6.07) is 14.6. The summed E-state index contributed by atoms with van der Waals surface area (Å²) in [6.45, 7) is 3.73. The van der Waals surface area contributed by atoms with Crippen molar-refractivity contribution in [3.8, 4) is 0 Å². The van der Waals surface area contributed by atoms with E-state index in [1.165, 1.54) is 0 Å². The van der Waals surface area contributed by atoms with Gasteiger partial charge in [0.2, 0.25) is 5.91 Å². The van der Waals surface area contributed by atoms with E-state index >= 15 is 0 Å². The summed E-state index contributed by atoms with van der Waals surface area (Å²) in [7, 11) is 1.56. The quantitative estimate of drug-likeness (QED) is 0.745. The van der Waals surface area contributed by atoms with Gasteiger partial charge in [-0.3, -0.25) is 14.4 Å². The zero-order valence-corrected chi connectivity index (χ0v) is 15.1. The molecule has 2 rings (SSSR count). The Balaban J connectivity index is 2.06. The molecule has 0 radical (unpaired) electrons. The second-order valence-electron chi connectivity index (χ2n) is 6.21. The summed E-state index contributed by atoms with van der Waals surface area (Å²) >= 11 is 0. The third-order valence-corrected chi connectivity index (χ3v) is 3.91. The summed E-state index contributed by atoms with van der Waals surface area (Å²) < 4.78 is 0. The van der Waals surface area contributed by atoms with Crippen molar-refractivity contribution in [2.24, 2.45) is 5.92 Å². The van der Waals surface area contributed by atoms with E-state index in [1.54, 1.807) is 55.6 Å². The first-order chi connectivity index (χ1) is 12.4. The first kappa shape index (κ1) is 19.2. The summed E-state index contributed by atoms with van der Waals surface area (Å²) in [5.41, 5.74) is 1.56. The SMILES string of the molecule is CNC(=O)c1ccc(NC(=O)C(NC(=O)c2ccccc2)C(C)C)cc1. The lowest BCUT2D eigenvalue weighted by molar-refractivity contribution is -0.118. The highest BCUT2D eigenvalue weighted by Gasteiger charge is 2.24. The molecule has 0 saturated heterocycles. The molecule has 136 valence electrons. The fraction of sp³-hybridized carbons (Fsp3) is 0.250. The summed E-state index contributed by atoms with van der Waals surface area (Å²) in [5, 5.41) is 8.09. The van der Waals surface area contributed by atoms with E-state index in [0.29, 0.717) is 16.8 Å². The van der Waals surface area contributed by atoms with Gasteiger partial charge in [-0.1, -0.05) is 32.0 Å². The number of hydrogen-bond acceptors (Lipinski definition) is 3. The van der Waals surface area contributed by atoms with Crippen molar-refractivity contribution in [3.05, 3.63) is 65.7 Å². The topological polar surface area (TPSA) is 87.3 Å². The summed E-state index contributed by atoms with van der Waals surface area (Å²) in [5.74, 6) is -0.891. The molecule has 0 aliphatic carbocycles. The van der Waals surface area contributed by atoms with Crippen LogP contribution in [-0.2, 0) is 4.79 Å². The molecule has 0 bridgehead atoms. The number of carbonyl (C=O) groups is 3. The molecule has 1 atom stereocenters. The number of nitrogens with one attached hydrogen (secondary N) is 3. The van der Waals surface area contributed by atoms with Crippen LogP contribution in [0, 0.1) is 5.92 Å². The molecular formula is C20H23N3O3. The molecule has 26 heavy (non-hydrogen) atoms. The second-order valence-corrected chi connectivity index (χ2v) is 6.21. The molecular weight excluding hydrogens is 330 g/mol. The maximum Gasteiger partial charge on any atom is 0.251 e. The third kappa shape index (κ3) is 4.92. The molecule has 0 aromatic heterocycles. The van der Waals surface area contributed by atoms with Crippen LogP contribution in [0.4, 0.5) is 5.69 Å². The maximum atomic E-state index is 12.6. The Bertz CT molecular complexity index is 771. The van der Waals surface area contributed by atoms with Crippen LogP contribution in [0.1, 0.15) is 34.6 Å². The van der Waals surface area contributed by atoms with Crippen LogP contribution < -0.4 is 16.0 Å². The van der Waals surface area contributed by atoms with E-state index in [0.717, 1.165) is 0 Å². The van der Waals surface area contributed by atoms with Crippen LogP contribution in [0.5, 0.6) is 0 Å². The van der Waals surface area contributed by atoms with Gasteiger partial charge in [-0.2, -0.15) is 0 Å². The number of anilines is 1. The Morgan fingerprint density at radius 1 is 0.808 bits per heavy atom. The van der Waals surface area contributed by atoms with Gasteiger partial charge >= 0.3 is 0 Å². The number of amides is 3. The average Bonchev–Trinajstić information content (AvgIpc) is 2.66. The van der Waals surface area contributed by atoms with Gasteiger partial charge in [0, 0.05) is 23.9 Å². The molecule has 0 aliphatic rings. The highest BCUT2D eigenvalue weighted by molar-refractivity contribution is 6.01. The molecule has 3 N–H and O–H groups in total. The lowest BCUT2D eigenvalue weighted by Gasteiger charge is -2.22. The Labute approximate surface area is 153 Å². The zero-order valence-electron chi connectivity index (χ0n) is 15.1. The molecule has 3 amide bonds. The van der Waals surface area contributed by atoms with Gasteiger partial charge in [0.25, 0.3) is 11.8 Å². The van der Waals surface area contributed by atoms with Crippen LogP contribution in [0.2, 0.25) is 0 Å². The van der Waals surface area contributed by atoms with Crippen molar-refractivity contribution in [2.45, 2.75) is 19.9 Å². The average molecular weight is 353 g/mol. The van der Waals surface area contributed by atoms with Gasteiger partial charge in [0.05, 0.1) is 0 Å². The summed E-state index contributed by atoms with van der Waals surface area (Å²) in [4.78, 5) is 36.5. The van der Waals surface area contributed by atoms with Crippen LogP contribution in [-0.4, -0.2) is 30.8 Å². The largest absolute Gasteiger partial charge is 0.355 e. The first-order valence-electron chi connectivity index (χ1n) is 8.41. The minimum atomic E-state index is -0.679. The molecule has 0 saturated carbocycles. The molecule has 2 aromatic rings. The van der Waals surface area contributed by atoms with Gasteiger partial charge in [0.1, 0.15) is 6.04 Å². The van der Waals surface area contributed by atoms with Gasteiger partial charge < -0.3 is 16.0 Å². The molecule has 6 heteroatoms. The minimum absolute atomic E-state index is 0.0900. The lowest BCUT2D eigenvalue weighted by Crippen LogP contribution is -2.47. The van der Waals surface area contributed by atoms with E-state index in [1.807, 2.05) is 19.9 Å². The maximum absolute atomic E-state index is 12.6. The Kier molecular flexibility index (Phi) is 6.49. The lowest BCUT2D eigenvalue weighted by atomic mass is 10.0. The first-order valence-corrected chi connectivity index (χ1v) is 8.41. The van der Waals surface area contributed by atoms with Gasteiger partial charge in [0.15, 0.2) is 0 Å². The number of hydrogen-bond donors (Lipinski definition) is 3. The smallest absolute Gasteiger partial charge is 0.251 e. The molecule has 6 nitrogen and oxygen atoms in total. The number of benzene rings is 2. The number of rotatable bonds is 6. The van der Waals surface area contributed by atoms with Gasteiger partial charge in [-0.15, -0.1) is 0 Å². The van der Waals surface area contributed by atoms with Crippen molar-refractivity contribution in [2.75, 3.05) is 12.4 Å². The molecule has 2 aromatic carbocycles. The molecule has 0 fully saturated rings. The fourth-order valence-electron chi connectivity index (χ4n) is 2.42. The zero-order chi connectivity index (χ0) is 19.1. The van der Waals surface area contributed by atoms with Crippen LogP contribution in [0.15, 0.2) is 54.6 Å². The van der Waals surface area contributed by atoms with Gasteiger partial charge in [-0.05, 0) is 42.3 Å². The Morgan fingerprint density at radius 2 is 1.38 bits per heavy atom. The van der Waals surface area contributed by atoms with Crippen LogP contribution >= 0.6 is 0 Å². The third-order valence-electron chi connectivity index (χ3n) is 3.91. The number of carbonyl (C=O) groups excluding carboxylic acids is 3. The Morgan fingerprint density at radius 3 is 1.92 bits per heavy atom. The highest BCUT2D eigenvalue weighted by Crippen LogP contribution is 2.12. The van der Waals surface area contributed by atoms with Crippen molar-refractivity contribution in [1.82, 2.24) is 10.6 Å². The van der Waals surface area contributed by atoms with E-state index in [2.05, 4.69) is 16.0 Å². The predicted molar refractivity (Wildman–Crippen MR) is 101 cm³/mol.